The lowest BCUT2D eigenvalue weighted by Crippen LogP contribution is -2.34. The van der Waals surface area contributed by atoms with Crippen LogP contribution in [0.15, 0.2) is 91.0 Å². The highest BCUT2D eigenvalue weighted by Gasteiger charge is 2.56. The highest BCUT2D eigenvalue weighted by Crippen LogP contribution is 2.53. The molecule has 1 heterocycles. The molecule has 5 rings (SSSR count). The number of hydrogen-bond donors (Lipinski definition) is 0. The van der Waals surface area contributed by atoms with Gasteiger partial charge >= 0.3 is 0 Å². The minimum atomic E-state index is -0.316. The summed E-state index contributed by atoms with van der Waals surface area (Å²) in [4.78, 5) is 28.7. The van der Waals surface area contributed by atoms with Gasteiger partial charge < -0.3 is 0 Å². The molecule has 0 bridgehead atoms. The molecule has 0 N–H and O–H groups in total. The van der Waals surface area contributed by atoms with E-state index in [1.165, 1.54) is 4.90 Å². The van der Waals surface area contributed by atoms with Crippen molar-refractivity contribution in [3.8, 4) is 0 Å². The fourth-order valence-corrected chi connectivity index (χ4v) is 5.26. The summed E-state index contributed by atoms with van der Waals surface area (Å²) in [5, 5.41) is 0. The van der Waals surface area contributed by atoms with E-state index in [-0.39, 0.29) is 35.5 Å². The zero-order valence-corrected chi connectivity index (χ0v) is 16.1. The van der Waals surface area contributed by atoms with Crippen LogP contribution in [-0.4, -0.2) is 11.8 Å². The lowest BCUT2D eigenvalue weighted by atomic mass is 9.64. The third-order valence-corrected chi connectivity index (χ3v) is 6.52. The molecule has 0 unspecified atom stereocenters. The van der Waals surface area contributed by atoms with E-state index in [4.69, 9.17) is 0 Å². The van der Waals surface area contributed by atoms with Crippen LogP contribution in [-0.2, 0) is 9.59 Å². The molecular weight excluding hydrogens is 358 g/mol. The molecule has 1 aliphatic heterocycles. The van der Waals surface area contributed by atoms with Crippen molar-refractivity contribution >= 4 is 17.5 Å². The van der Waals surface area contributed by atoms with Crippen molar-refractivity contribution in [3.05, 3.63) is 102 Å². The standard InChI is InChI=1S/C26H23NO2/c28-25-23-21(18-10-4-1-5-11-18)16-17-22(19-12-6-2-7-13-19)24(23)26(29)27(25)20-14-8-3-9-15-20/h1-15,21-24H,16-17H2/t21-,22-,23+,24+/m0/s1. The van der Waals surface area contributed by atoms with E-state index in [9.17, 15) is 9.59 Å². The summed E-state index contributed by atoms with van der Waals surface area (Å²) < 4.78 is 0. The van der Waals surface area contributed by atoms with Gasteiger partial charge in [0.15, 0.2) is 0 Å². The van der Waals surface area contributed by atoms with Crippen molar-refractivity contribution < 1.29 is 9.59 Å². The summed E-state index contributed by atoms with van der Waals surface area (Å²) in [7, 11) is 0. The molecule has 3 aromatic rings. The Bertz CT molecular complexity index is 951. The number of carbonyl (C=O) groups is 2. The highest BCUT2D eigenvalue weighted by atomic mass is 16.2. The topological polar surface area (TPSA) is 37.4 Å². The van der Waals surface area contributed by atoms with Gasteiger partial charge in [-0.2, -0.15) is 0 Å². The van der Waals surface area contributed by atoms with Crippen molar-refractivity contribution in [2.24, 2.45) is 11.8 Å². The third kappa shape index (κ3) is 2.98. The van der Waals surface area contributed by atoms with Gasteiger partial charge in [-0.05, 0) is 47.9 Å². The lowest BCUT2D eigenvalue weighted by Gasteiger charge is -2.37. The number of rotatable bonds is 3. The van der Waals surface area contributed by atoms with Gasteiger partial charge in [-0.25, -0.2) is 0 Å². The van der Waals surface area contributed by atoms with Crippen LogP contribution in [0.5, 0.6) is 0 Å². The Labute approximate surface area is 171 Å². The molecule has 1 saturated heterocycles. The van der Waals surface area contributed by atoms with Crippen LogP contribution >= 0.6 is 0 Å². The van der Waals surface area contributed by atoms with E-state index in [1.54, 1.807) is 0 Å². The van der Waals surface area contributed by atoms with Crippen LogP contribution in [0, 0.1) is 11.8 Å². The van der Waals surface area contributed by atoms with Crippen molar-refractivity contribution in [1.82, 2.24) is 0 Å². The first-order valence-corrected chi connectivity index (χ1v) is 10.3. The number of benzene rings is 3. The van der Waals surface area contributed by atoms with Gasteiger partial charge in [0.2, 0.25) is 11.8 Å². The normalized spacial score (nSPS) is 26.4. The number of nitrogens with zero attached hydrogens (tertiary/aromatic N) is 1. The predicted octanol–water partition coefficient (Wildman–Crippen LogP) is 5.15. The average Bonchev–Trinajstić information content (AvgIpc) is 3.06. The second-order valence-electron chi connectivity index (χ2n) is 8.01. The number of imide groups is 1. The van der Waals surface area contributed by atoms with Crippen LogP contribution in [0.25, 0.3) is 0 Å². The number of carbonyl (C=O) groups excluding carboxylic acids is 2. The second kappa shape index (κ2) is 7.32. The molecule has 2 amide bonds. The zero-order valence-electron chi connectivity index (χ0n) is 16.1. The van der Waals surface area contributed by atoms with Gasteiger partial charge in [0.1, 0.15) is 0 Å². The Morgan fingerprint density at radius 3 is 1.34 bits per heavy atom. The number of amides is 2. The van der Waals surface area contributed by atoms with Crippen LogP contribution < -0.4 is 4.90 Å². The van der Waals surface area contributed by atoms with Crippen molar-refractivity contribution in [1.29, 1.82) is 0 Å². The zero-order chi connectivity index (χ0) is 19.8. The molecule has 1 saturated carbocycles. The minimum Gasteiger partial charge on any atom is -0.274 e. The Hall–Kier alpha value is -3.20. The van der Waals surface area contributed by atoms with Crippen molar-refractivity contribution in [2.45, 2.75) is 24.7 Å². The Balaban J connectivity index is 1.60. The summed E-state index contributed by atoms with van der Waals surface area (Å²) in [6.07, 6.45) is 1.82. The predicted molar refractivity (Wildman–Crippen MR) is 114 cm³/mol. The Morgan fingerprint density at radius 2 is 0.931 bits per heavy atom. The number of anilines is 1. The molecule has 1 aliphatic carbocycles. The van der Waals surface area contributed by atoms with Gasteiger partial charge in [-0.1, -0.05) is 78.9 Å². The summed E-state index contributed by atoms with van der Waals surface area (Å²) in [6, 6.07) is 29.8. The largest absolute Gasteiger partial charge is 0.274 e. The van der Waals surface area contributed by atoms with Crippen LogP contribution in [0.1, 0.15) is 35.8 Å². The summed E-state index contributed by atoms with van der Waals surface area (Å²) in [5.74, 6) is -0.591. The van der Waals surface area contributed by atoms with E-state index in [0.717, 1.165) is 24.0 Å². The minimum absolute atomic E-state index is 0.0549. The van der Waals surface area contributed by atoms with Crippen molar-refractivity contribution in [3.63, 3.8) is 0 Å². The maximum Gasteiger partial charge on any atom is 0.238 e. The maximum atomic E-state index is 13.6. The molecule has 4 atom stereocenters. The number of fused-ring (bicyclic) bond motifs is 1. The summed E-state index contributed by atoms with van der Waals surface area (Å²) >= 11 is 0. The first kappa shape index (κ1) is 17.9. The Morgan fingerprint density at radius 1 is 0.552 bits per heavy atom. The van der Waals surface area contributed by atoms with E-state index in [0.29, 0.717) is 5.69 Å². The smallest absolute Gasteiger partial charge is 0.238 e. The lowest BCUT2D eigenvalue weighted by molar-refractivity contribution is -0.122. The summed E-state index contributed by atoms with van der Waals surface area (Å²) in [6.45, 7) is 0. The molecule has 3 heteroatoms. The van der Waals surface area contributed by atoms with E-state index < -0.39 is 0 Å². The van der Waals surface area contributed by atoms with Crippen LogP contribution in [0.4, 0.5) is 5.69 Å². The number of para-hydroxylation sites is 1. The molecule has 3 nitrogen and oxygen atoms in total. The molecule has 29 heavy (non-hydrogen) atoms. The SMILES string of the molecule is O=C1[C@H]2[C@H](C(=O)N1c1ccccc1)[C@H](c1ccccc1)CC[C@H]2c1ccccc1. The molecule has 2 fully saturated rings. The first-order valence-electron chi connectivity index (χ1n) is 10.3. The van der Waals surface area contributed by atoms with E-state index >= 15 is 0 Å². The molecule has 0 radical (unpaired) electrons. The van der Waals surface area contributed by atoms with Gasteiger partial charge in [0.05, 0.1) is 17.5 Å². The van der Waals surface area contributed by atoms with E-state index in [2.05, 4.69) is 24.3 Å². The maximum absolute atomic E-state index is 13.6. The van der Waals surface area contributed by atoms with Crippen molar-refractivity contribution in [2.75, 3.05) is 4.90 Å². The molecule has 0 spiro atoms. The summed E-state index contributed by atoms with van der Waals surface area (Å²) in [5.41, 5.74) is 2.99. The Kier molecular flexibility index (Phi) is 4.51. The fourth-order valence-electron chi connectivity index (χ4n) is 5.26. The second-order valence-corrected chi connectivity index (χ2v) is 8.01. The third-order valence-electron chi connectivity index (χ3n) is 6.52. The number of hydrogen-bond acceptors (Lipinski definition) is 2. The molecule has 3 aromatic carbocycles. The van der Waals surface area contributed by atoms with Gasteiger partial charge in [-0.15, -0.1) is 0 Å². The van der Waals surface area contributed by atoms with E-state index in [1.807, 2.05) is 66.7 Å². The monoisotopic (exact) mass is 381 g/mol. The van der Waals surface area contributed by atoms with Crippen LogP contribution in [0.2, 0.25) is 0 Å². The van der Waals surface area contributed by atoms with Gasteiger partial charge in [-0.3, -0.25) is 14.5 Å². The first-order chi connectivity index (χ1) is 14.3. The molecular formula is C26H23NO2. The molecule has 0 aromatic heterocycles. The van der Waals surface area contributed by atoms with Gasteiger partial charge in [0.25, 0.3) is 0 Å². The molecule has 2 aliphatic rings. The van der Waals surface area contributed by atoms with Gasteiger partial charge in [0, 0.05) is 0 Å². The fraction of sp³-hybridized carbons (Fsp3) is 0.231. The average molecular weight is 381 g/mol. The quantitative estimate of drug-likeness (QED) is 0.588. The highest BCUT2D eigenvalue weighted by molar-refractivity contribution is 6.22. The van der Waals surface area contributed by atoms with Crippen LogP contribution in [0.3, 0.4) is 0 Å². The molecule has 144 valence electrons.